The van der Waals surface area contributed by atoms with E-state index in [2.05, 4.69) is 30.7 Å². The van der Waals surface area contributed by atoms with E-state index in [0.29, 0.717) is 12.2 Å². The van der Waals surface area contributed by atoms with Gasteiger partial charge in [0.15, 0.2) is 11.6 Å². The predicted molar refractivity (Wildman–Crippen MR) is 51.6 cm³/mol. The van der Waals surface area contributed by atoms with E-state index in [1.807, 2.05) is 0 Å². The molecule has 0 aliphatic carbocycles. The molecule has 0 unspecified atom stereocenters. The lowest BCUT2D eigenvalue weighted by Crippen LogP contribution is -2.10. The van der Waals surface area contributed by atoms with Crippen LogP contribution in [-0.4, -0.2) is 15.8 Å². The number of aromatic nitrogens is 2. The predicted octanol–water partition coefficient (Wildman–Crippen LogP) is 2.42. The molecular weight excluding hydrogens is 164 g/mol. The van der Waals surface area contributed by atoms with Gasteiger partial charge in [0.05, 0.1) is 0 Å². The molecule has 3 nitrogen and oxygen atoms in total. The fraction of sp³-hybridized carbons (Fsp3) is 0.600. The van der Waals surface area contributed by atoms with E-state index in [1.54, 1.807) is 12.4 Å². The van der Waals surface area contributed by atoms with Crippen LogP contribution in [0, 0.1) is 5.41 Å². The number of hydrogen-bond acceptors (Lipinski definition) is 2. The first-order chi connectivity index (χ1) is 5.99. The van der Waals surface area contributed by atoms with E-state index < -0.39 is 0 Å². The summed E-state index contributed by atoms with van der Waals surface area (Å²) in [7, 11) is 0. The number of aromatic amines is 1. The summed E-state index contributed by atoms with van der Waals surface area (Å²) in [6.45, 7) is 6.38. The highest BCUT2D eigenvalue weighted by molar-refractivity contribution is 5.92. The van der Waals surface area contributed by atoms with Gasteiger partial charge in [-0.1, -0.05) is 20.8 Å². The van der Waals surface area contributed by atoms with Crippen molar-refractivity contribution in [3.8, 4) is 0 Å². The Morgan fingerprint density at radius 1 is 1.54 bits per heavy atom. The summed E-state index contributed by atoms with van der Waals surface area (Å²) in [5.74, 6) is 0.573. The van der Waals surface area contributed by atoms with Gasteiger partial charge in [-0.3, -0.25) is 4.79 Å². The molecule has 0 saturated carbocycles. The van der Waals surface area contributed by atoms with E-state index in [0.717, 1.165) is 6.42 Å². The number of carbonyl (C=O) groups excluding carboxylic acids is 1. The van der Waals surface area contributed by atoms with Crippen LogP contribution in [0.25, 0.3) is 0 Å². The molecule has 0 bridgehead atoms. The smallest absolute Gasteiger partial charge is 0.198 e. The van der Waals surface area contributed by atoms with Gasteiger partial charge in [0.2, 0.25) is 0 Å². The summed E-state index contributed by atoms with van der Waals surface area (Å²) in [6, 6.07) is 0. The van der Waals surface area contributed by atoms with Gasteiger partial charge in [0, 0.05) is 18.8 Å². The summed E-state index contributed by atoms with van der Waals surface area (Å²) in [5.41, 5.74) is 0.211. The monoisotopic (exact) mass is 180 g/mol. The largest absolute Gasteiger partial charge is 0.342 e. The van der Waals surface area contributed by atoms with Crippen LogP contribution >= 0.6 is 0 Å². The van der Waals surface area contributed by atoms with Crippen LogP contribution in [0.3, 0.4) is 0 Å². The Morgan fingerprint density at radius 2 is 2.23 bits per heavy atom. The van der Waals surface area contributed by atoms with Crippen molar-refractivity contribution in [1.82, 2.24) is 9.97 Å². The average Bonchev–Trinajstić information content (AvgIpc) is 2.50. The Bertz CT molecular complexity index is 270. The number of hydrogen-bond donors (Lipinski definition) is 1. The number of imidazole rings is 1. The van der Waals surface area contributed by atoms with Crippen molar-refractivity contribution in [3.63, 3.8) is 0 Å². The van der Waals surface area contributed by atoms with Gasteiger partial charge in [-0.15, -0.1) is 0 Å². The lowest BCUT2D eigenvalue weighted by atomic mass is 9.89. The molecule has 0 aliphatic rings. The Kier molecular flexibility index (Phi) is 2.86. The number of nitrogens with zero attached hydrogens (tertiary/aromatic N) is 1. The van der Waals surface area contributed by atoms with Crippen LogP contribution in [0.2, 0.25) is 0 Å². The highest BCUT2D eigenvalue weighted by Gasteiger charge is 2.14. The van der Waals surface area contributed by atoms with E-state index in [9.17, 15) is 4.79 Å². The summed E-state index contributed by atoms with van der Waals surface area (Å²) in [5, 5.41) is 0. The molecule has 0 amide bonds. The fourth-order valence-electron chi connectivity index (χ4n) is 1.02. The number of Topliss-reactive ketones (excluding diaryl/α,β-unsaturated/α-hetero) is 1. The zero-order valence-electron chi connectivity index (χ0n) is 8.42. The number of nitrogens with one attached hydrogen (secondary N) is 1. The second-order valence-corrected chi connectivity index (χ2v) is 4.42. The zero-order valence-corrected chi connectivity index (χ0v) is 8.42. The molecule has 72 valence electrons. The summed E-state index contributed by atoms with van der Waals surface area (Å²) >= 11 is 0. The third-order valence-corrected chi connectivity index (χ3v) is 1.86. The Hall–Kier alpha value is -1.12. The van der Waals surface area contributed by atoms with Crippen molar-refractivity contribution in [2.45, 2.75) is 33.6 Å². The van der Waals surface area contributed by atoms with Gasteiger partial charge in [-0.2, -0.15) is 0 Å². The zero-order chi connectivity index (χ0) is 9.90. The molecule has 3 heteroatoms. The van der Waals surface area contributed by atoms with E-state index >= 15 is 0 Å². The molecule has 0 aromatic carbocycles. The summed E-state index contributed by atoms with van der Waals surface area (Å²) < 4.78 is 0. The van der Waals surface area contributed by atoms with Gasteiger partial charge < -0.3 is 4.98 Å². The van der Waals surface area contributed by atoms with Crippen molar-refractivity contribution >= 4 is 5.78 Å². The highest BCUT2D eigenvalue weighted by Crippen LogP contribution is 2.21. The molecule has 1 aromatic heterocycles. The molecule has 1 heterocycles. The van der Waals surface area contributed by atoms with Crippen LogP contribution in [0.1, 0.15) is 44.2 Å². The number of ketones is 1. The molecular formula is C10H16N2O. The highest BCUT2D eigenvalue weighted by atomic mass is 16.1. The fourth-order valence-corrected chi connectivity index (χ4v) is 1.02. The third-order valence-electron chi connectivity index (χ3n) is 1.86. The van der Waals surface area contributed by atoms with Crippen molar-refractivity contribution in [2.75, 3.05) is 0 Å². The molecule has 1 aromatic rings. The normalized spacial score (nSPS) is 11.6. The van der Waals surface area contributed by atoms with Crippen molar-refractivity contribution in [3.05, 3.63) is 18.2 Å². The maximum absolute atomic E-state index is 11.5. The maximum Gasteiger partial charge on any atom is 0.198 e. The lowest BCUT2D eigenvalue weighted by Gasteiger charge is -2.16. The standard InChI is InChI=1S/C10H16N2O/c1-10(2,3)5-4-8(13)9-11-6-7-12-9/h6-7H,4-5H2,1-3H3,(H,11,12). The average molecular weight is 180 g/mol. The number of carbonyl (C=O) groups is 1. The van der Waals surface area contributed by atoms with E-state index in [4.69, 9.17) is 0 Å². The van der Waals surface area contributed by atoms with Crippen molar-refractivity contribution in [2.24, 2.45) is 5.41 Å². The minimum absolute atomic E-state index is 0.0972. The molecule has 0 aliphatic heterocycles. The van der Waals surface area contributed by atoms with E-state index in [-0.39, 0.29) is 11.2 Å². The summed E-state index contributed by atoms with van der Waals surface area (Å²) in [4.78, 5) is 18.2. The lowest BCUT2D eigenvalue weighted by molar-refractivity contribution is 0.0957. The van der Waals surface area contributed by atoms with Gasteiger partial charge in [0.1, 0.15) is 0 Å². The summed E-state index contributed by atoms with van der Waals surface area (Å²) in [6.07, 6.45) is 4.73. The van der Waals surface area contributed by atoms with Crippen LogP contribution in [0.15, 0.2) is 12.4 Å². The first-order valence-electron chi connectivity index (χ1n) is 4.52. The second kappa shape index (κ2) is 3.73. The number of rotatable bonds is 3. The Balaban J connectivity index is 2.44. The Labute approximate surface area is 78.6 Å². The van der Waals surface area contributed by atoms with Gasteiger partial charge in [0.25, 0.3) is 0 Å². The first kappa shape index (κ1) is 9.96. The Morgan fingerprint density at radius 3 is 2.69 bits per heavy atom. The molecule has 0 radical (unpaired) electrons. The SMILES string of the molecule is CC(C)(C)CCC(=O)c1ncc[nH]1. The molecule has 0 spiro atoms. The van der Waals surface area contributed by atoms with Crippen LogP contribution < -0.4 is 0 Å². The van der Waals surface area contributed by atoms with Gasteiger partial charge in [-0.25, -0.2) is 4.98 Å². The van der Waals surface area contributed by atoms with E-state index in [1.165, 1.54) is 0 Å². The minimum Gasteiger partial charge on any atom is -0.342 e. The van der Waals surface area contributed by atoms with Crippen LogP contribution in [-0.2, 0) is 0 Å². The first-order valence-corrected chi connectivity index (χ1v) is 4.52. The molecule has 0 saturated heterocycles. The maximum atomic E-state index is 11.5. The molecule has 1 N–H and O–H groups in total. The van der Waals surface area contributed by atoms with Crippen molar-refractivity contribution in [1.29, 1.82) is 0 Å². The number of H-pyrrole nitrogens is 1. The molecule has 0 atom stereocenters. The third kappa shape index (κ3) is 3.40. The molecule has 0 fully saturated rings. The van der Waals surface area contributed by atoms with Gasteiger partial charge in [-0.05, 0) is 11.8 Å². The van der Waals surface area contributed by atoms with Crippen molar-refractivity contribution < 1.29 is 4.79 Å². The van der Waals surface area contributed by atoms with Gasteiger partial charge >= 0.3 is 0 Å². The topological polar surface area (TPSA) is 45.8 Å². The quantitative estimate of drug-likeness (QED) is 0.726. The molecule has 13 heavy (non-hydrogen) atoms. The molecule has 1 rings (SSSR count). The second-order valence-electron chi connectivity index (χ2n) is 4.42. The van der Waals surface area contributed by atoms with Crippen LogP contribution in [0.5, 0.6) is 0 Å². The van der Waals surface area contributed by atoms with Crippen LogP contribution in [0.4, 0.5) is 0 Å². The minimum atomic E-state index is 0.0972.